The molecule has 0 aliphatic carbocycles. The fourth-order valence-electron chi connectivity index (χ4n) is 4.40. The second-order valence-electron chi connectivity index (χ2n) is 9.32. The minimum atomic E-state index is -1.21. The van der Waals surface area contributed by atoms with Crippen LogP contribution in [0.1, 0.15) is 59.6 Å². The van der Waals surface area contributed by atoms with Crippen LogP contribution < -0.4 is 0 Å². The highest BCUT2D eigenvalue weighted by atomic mass is 32.1. The monoisotopic (exact) mass is 601 g/mol. The number of ether oxygens (including phenoxy) is 5. The Bertz CT molecular complexity index is 1560. The second kappa shape index (κ2) is 13.9. The Morgan fingerprint density at radius 2 is 1.21 bits per heavy atom. The number of rotatable bonds is 10. The SMILES string of the molecule is CCOC(=O)c1csc([C@@H]2O[C@H](COC(=O)c3ccccc3)[C@H](OC(=O)c3ccccc3)C2OC(=O)c2ccccc2)n1. The Labute approximate surface area is 251 Å². The van der Waals surface area contributed by atoms with Gasteiger partial charge in [0, 0.05) is 5.38 Å². The molecular weight excluding hydrogens is 574 g/mol. The third-order valence-electron chi connectivity index (χ3n) is 6.45. The lowest BCUT2D eigenvalue weighted by Crippen LogP contribution is -2.40. The molecule has 0 amide bonds. The predicted octanol–water partition coefficient (Wildman–Crippen LogP) is 5.07. The molecule has 1 aliphatic rings. The van der Waals surface area contributed by atoms with Crippen LogP contribution in [0.15, 0.2) is 96.4 Å². The van der Waals surface area contributed by atoms with Crippen molar-refractivity contribution in [2.24, 2.45) is 0 Å². The maximum atomic E-state index is 13.2. The molecule has 4 aromatic rings. The Hall–Kier alpha value is -4.87. The van der Waals surface area contributed by atoms with E-state index >= 15 is 0 Å². The summed E-state index contributed by atoms with van der Waals surface area (Å²) in [6.07, 6.45) is -4.52. The third kappa shape index (κ3) is 7.14. The van der Waals surface area contributed by atoms with Gasteiger partial charge in [-0.05, 0) is 43.3 Å². The van der Waals surface area contributed by atoms with E-state index in [1.165, 1.54) is 5.38 Å². The number of nitrogens with zero attached hydrogens (tertiary/aromatic N) is 1. The van der Waals surface area contributed by atoms with E-state index in [0.717, 1.165) is 11.3 Å². The highest BCUT2D eigenvalue weighted by molar-refractivity contribution is 7.09. The number of carbonyl (C=O) groups excluding carboxylic acids is 4. The van der Waals surface area contributed by atoms with Gasteiger partial charge in [-0.15, -0.1) is 11.3 Å². The summed E-state index contributed by atoms with van der Waals surface area (Å²) in [4.78, 5) is 55.9. The van der Waals surface area contributed by atoms with E-state index in [9.17, 15) is 19.2 Å². The number of thiazole rings is 1. The van der Waals surface area contributed by atoms with Crippen molar-refractivity contribution in [1.82, 2.24) is 4.98 Å². The number of hydrogen-bond acceptors (Lipinski definition) is 11. The molecule has 4 atom stereocenters. The van der Waals surface area contributed by atoms with Crippen LogP contribution in [0.2, 0.25) is 0 Å². The van der Waals surface area contributed by atoms with Gasteiger partial charge >= 0.3 is 23.9 Å². The molecule has 0 bridgehead atoms. The van der Waals surface area contributed by atoms with Gasteiger partial charge in [0.1, 0.15) is 17.7 Å². The summed E-state index contributed by atoms with van der Waals surface area (Å²) in [5.74, 6) is -2.62. The van der Waals surface area contributed by atoms with E-state index in [2.05, 4.69) is 4.98 Å². The first-order valence-corrected chi connectivity index (χ1v) is 14.3. The van der Waals surface area contributed by atoms with Gasteiger partial charge in [0.05, 0.1) is 23.3 Å². The Kier molecular flexibility index (Phi) is 9.55. The lowest BCUT2D eigenvalue weighted by Gasteiger charge is -2.24. The van der Waals surface area contributed by atoms with Crippen molar-refractivity contribution in [1.29, 1.82) is 0 Å². The quantitative estimate of drug-likeness (QED) is 0.180. The zero-order valence-electron chi connectivity index (χ0n) is 23.0. The van der Waals surface area contributed by atoms with Crippen LogP contribution in [-0.2, 0) is 23.7 Å². The Morgan fingerprint density at radius 3 is 1.74 bits per heavy atom. The normalized spacial score (nSPS) is 19.3. The lowest BCUT2D eigenvalue weighted by atomic mass is 10.1. The summed E-state index contributed by atoms with van der Waals surface area (Å²) < 4.78 is 28.7. The molecule has 3 aromatic carbocycles. The van der Waals surface area contributed by atoms with E-state index in [0.29, 0.717) is 5.56 Å². The summed E-state index contributed by atoms with van der Waals surface area (Å²) in [6, 6.07) is 24.9. The molecule has 10 nitrogen and oxygen atoms in total. The van der Waals surface area contributed by atoms with Gasteiger partial charge in [0.25, 0.3) is 0 Å². The van der Waals surface area contributed by atoms with Crippen molar-refractivity contribution >= 4 is 35.2 Å². The van der Waals surface area contributed by atoms with Crippen LogP contribution in [0.4, 0.5) is 0 Å². The van der Waals surface area contributed by atoms with Crippen molar-refractivity contribution in [2.45, 2.75) is 31.3 Å². The van der Waals surface area contributed by atoms with E-state index < -0.39 is 48.3 Å². The van der Waals surface area contributed by atoms with Gasteiger partial charge in [0.2, 0.25) is 0 Å². The second-order valence-corrected chi connectivity index (χ2v) is 10.2. The first kappa shape index (κ1) is 29.6. The average molecular weight is 602 g/mol. The molecule has 1 saturated heterocycles. The van der Waals surface area contributed by atoms with Crippen LogP contribution in [0.3, 0.4) is 0 Å². The van der Waals surface area contributed by atoms with E-state index in [4.69, 9.17) is 23.7 Å². The van der Waals surface area contributed by atoms with Gasteiger partial charge < -0.3 is 23.7 Å². The molecule has 1 aliphatic heterocycles. The zero-order chi connectivity index (χ0) is 30.2. The molecule has 5 rings (SSSR count). The molecule has 1 fully saturated rings. The van der Waals surface area contributed by atoms with E-state index in [1.807, 2.05) is 0 Å². The summed E-state index contributed by atoms with van der Waals surface area (Å²) in [6.45, 7) is 1.51. The molecule has 220 valence electrons. The highest BCUT2D eigenvalue weighted by Crippen LogP contribution is 2.39. The summed E-state index contributed by atoms with van der Waals surface area (Å²) in [5.41, 5.74) is 0.897. The van der Waals surface area contributed by atoms with Crippen LogP contribution in [0.25, 0.3) is 0 Å². The summed E-state index contributed by atoms with van der Waals surface area (Å²) >= 11 is 1.09. The standard InChI is InChI=1S/C32H27NO9S/c1-2-38-32(37)23-19-43-28(33-23)27-26(42-31(36)22-16-10-5-11-17-22)25(41-30(35)21-14-8-4-9-15-21)24(40-27)18-39-29(34)20-12-6-3-7-13-20/h3-17,19,24-27H,2,18H2,1H3/t24-,25+,26?,27-/m1/s1. The zero-order valence-corrected chi connectivity index (χ0v) is 23.8. The third-order valence-corrected chi connectivity index (χ3v) is 7.36. The minimum absolute atomic E-state index is 0.0513. The van der Waals surface area contributed by atoms with Gasteiger partial charge in [-0.25, -0.2) is 24.2 Å². The smallest absolute Gasteiger partial charge is 0.357 e. The first-order valence-electron chi connectivity index (χ1n) is 13.5. The molecule has 43 heavy (non-hydrogen) atoms. The van der Waals surface area contributed by atoms with Gasteiger partial charge in [-0.2, -0.15) is 0 Å². The topological polar surface area (TPSA) is 127 Å². The van der Waals surface area contributed by atoms with Gasteiger partial charge in [-0.3, -0.25) is 0 Å². The molecule has 2 heterocycles. The molecular formula is C32H27NO9S. The number of esters is 4. The maximum Gasteiger partial charge on any atom is 0.357 e. The molecule has 0 spiro atoms. The lowest BCUT2D eigenvalue weighted by molar-refractivity contribution is -0.0450. The number of aromatic nitrogens is 1. The molecule has 0 N–H and O–H groups in total. The Balaban J connectivity index is 1.47. The van der Waals surface area contributed by atoms with Crippen LogP contribution >= 0.6 is 11.3 Å². The van der Waals surface area contributed by atoms with Crippen LogP contribution in [-0.4, -0.2) is 60.4 Å². The van der Waals surface area contributed by atoms with Gasteiger partial charge in [-0.1, -0.05) is 54.6 Å². The highest BCUT2D eigenvalue weighted by Gasteiger charge is 2.52. The molecule has 0 saturated carbocycles. The van der Waals surface area contributed by atoms with Gasteiger partial charge in [0.15, 0.2) is 24.0 Å². The van der Waals surface area contributed by atoms with Crippen molar-refractivity contribution in [3.8, 4) is 0 Å². The van der Waals surface area contributed by atoms with Crippen molar-refractivity contribution in [3.63, 3.8) is 0 Å². The van der Waals surface area contributed by atoms with E-state index in [-0.39, 0.29) is 35.0 Å². The number of benzene rings is 3. The molecule has 1 aromatic heterocycles. The number of hydrogen-bond donors (Lipinski definition) is 0. The molecule has 11 heteroatoms. The average Bonchev–Trinajstić information content (AvgIpc) is 3.66. The van der Waals surface area contributed by atoms with Crippen molar-refractivity contribution < 1.29 is 42.9 Å². The fraction of sp³-hybridized carbons (Fsp3) is 0.219. The van der Waals surface area contributed by atoms with Crippen LogP contribution in [0.5, 0.6) is 0 Å². The summed E-state index contributed by atoms with van der Waals surface area (Å²) in [5, 5.41) is 1.78. The molecule has 1 unspecified atom stereocenters. The minimum Gasteiger partial charge on any atom is -0.461 e. The summed E-state index contributed by atoms with van der Waals surface area (Å²) in [7, 11) is 0. The first-order chi connectivity index (χ1) is 20.9. The fourth-order valence-corrected chi connectivity index (χ4v) is 5.25. The van der Waals surface area contributed by atoms with E-state index in [1.54, 1.807) is 97.9 Å². The van der Waals surface area contributed by atoms with Crippen molar-refractivity contribution in [2.75, 3.05) is 13.2 Å². The Morgan fingerprint density at radius 1 is 0.698 bits per heavy atom. The number of carbonyl (C=O) groups is 4. The van der Waals surface area contributed by atoms with Crippen molar-refractivity contribution in [3.05, 3.63) is 124 Å². The largest absolute Gasteiger partial charge is 0.461 e. The maximum absolute atomic E-state index is 13.2. The molecule has 0 radical (unpaired) electrons. The predicted molar refractivity (Wildman–Crippen MR) is 154 cm³/mol. The van der Waals surface area contributed by atoms with Crippen LogP contribution in [0, 0.1) is 0 Å².